The van der Waals surface area contributed by atoms with Crippen LogP contribution in [0.1, 0.15) is 38.2 Å². The number of fused-ring (bicyclic) bond motifs is 1. The minimum absolute atomic E-state index is 0.165. The SMILES string of the molecule is Cc1cc(C)c(C(=O)Nc2ccc3c(c2)CN(S(=O)(=O)c2ccc(Cl)cc2)CC3)c(C)c1. The molecule has 0 bridgehead atoms. The Kier molecular flexibility index (Phi) is 6.12. The van der Waals surface area contributed by atoms with Gasteiger partial charge in [-0.05, 0) is 85.8 Å². The average molecular weight is 469 g/mol. The maximum atomic E-state index is 13.1. The fourth-order valence-corrected chi connectivity index (χ4v) is 5.85. The number of amides is 1. The molecule has 3 aromatic rings. The molecule has 166 valence electrons. The second kappa shape index (κ2) is 8.70. The van der Waals surface area contributed by atoms with E-state index >= 15 is 0 Å². The second-order valence-corrected chi connectivity index (χ2v) is 10.6. The number of benzene rings is 3. The van der Waals surface area contributed by atoms with Gasteiger partial charge in [-0.3, -0.25) is 4.79 Å². The van der Waals surface area contributed by atoms with Gasteiger partial charge in [-0.15, -0.1) is 0 Å². The summed E-state index contributed by atoms with van der Waals surface area (Å²) in [5.41, 5.74) is 6.28. The predicted octanol–water partition coefficient (Wildman–Crippen LogP) is 5.26. The summed E-state index contributed by atoms with van der Waals surface area (Å²) < 4.78 is 27.6. The zero-order valence-corrected chi connectivity index (χ0v) is 19.8. The Morgan fingerprint density at radius 1 is 0.938 bits per heavy atom. The molecule has 1 aliphatic rings. The van der Waals surface area contributed by atoms with Crippen LogP contribution in [0.5, 0.6) is 0 Å². The molecule has 0 radical (unpaired) electrons. The van der Waals surface area contributed by atoms with Gasteiger partial charge in [0.25, 0.3) is 5.91 Å². The summed E-state index contributed by atoms with van der Waals surface area (Å²) in [7, 11) is -3.63. The Labute approximate surface area is 194 Å². The van der Waals surface area contributed by atoms with Crippen molar-refractivity contribution < 1.29 is 13.2 Å². The fraction of sp³-hybridized carbons (Fsp3) is 0.240. The summed E-state index contributed by atoms with van der Waals surface area (Å²) in [5, 5.41) is 3.47. The minimum Gasteiger partial charge on any atom is -0.322 e. The van der Waals surface area contributed by atoms with E-state index in [0.717, 1.165) is 27.8 Å². The van der Waals surface area contributed by atoms with Gasteiger partial charge in [0.2, 0.25) is 10.0 Å². The molecule has 32 heavy (non-hydrogen) atoms. The van der Waals surface area contributed by atoms with E-state index in [1.165, 1.54) is 16.4 Å². The molecule has 1 amide bonds. The normalized spacial score (nSPS) is 14.1. The van der Waals surface area contributed by atoms with Crippen molar-refractivity contribution in [3.63, 3.8) is 0 Å². The highest BCUT2D eigenvalue weighted by molar-refractivity contribution is 7.89. The highest BCUT2D eigenvalue weighted by atomic mass is 35.5. The number of hydrogen-bond donors (Lipinski definition) is 1. The third-order valence-electron chi connectivity index (χ3n) is 5.80. The van der Waals surface area contributed by atoms with E-state index in [4.69, 9.17) is 11.6 Å². The van der Waals surface area contributed by atoms with E-state index in [9.17, 15) is 13.2 Å². The van der Waals surface area contributed by atoms with Gasteiger partial charge in [-0.1, -0.05) is 35.4 Å². The first-order valence-electron chi connectivity index (χ1n) is 10.4. The molecule has 1 N–H and O–H groups in total. The van der Waals surface area contributed by atoms with Crippen LogP contribution in [0.3, 0.4) is 0 Å². The van der Waals surface area contributed by atoms with Crippen LogP contribution in [0.2, 0.25) is 5.02 Å². The summed E-state index contributed by atoms with van der Waals surface area (Å²) in [4.78, 5) is 13.2. The Morgan fingerprint density at radius 3 is 2.25 bits per heavy atom. The topological polar surface area (TPSA) is 66.5 Å². The number of anilines is 1. The summed E-state index contributed by atoms with van der Waals surface area (Å²) in [6, 6.07) is 15.9. The molecule has 4 rings (SSSR count). The number of nitrogens with one attached hydrogen (secondary N) is 1. The van der Waals surface area contributed by atoms with E-state index in [0.29, 0.717) is 29.2 Å². The van der Waals surface area contributed by atoms with Crippen molar-refractivity contribution in [3.05, 3.63) is 93.0 Å². The van der Waals surface area contributed by atoms with Crippen molar-refractivity contribution in [2.45, 2.75) is 38.6 Å². The van der Waals surface area contributed by atoms with E-state index in [-0.39, 0.29) is 17.3 Å². The number of aryl methyl sites for hydroxylation is 3. The average Bonchev–Trinajstić information content (AvgIpc) is 2.72. The largest absolute Gasteiger partial charge is 0.322 e. The van der Waals surface area contributed by atoms with Crippen molar-refractivity contribution in [1.29, 1.82) is 0 Å². The van der Waals surface area contributed by atoms with Gasteiger partial charge in [0.15, 0.2) is 0 Å². The molecule has 0 aliphatic carbocycles. The number of carbonyl (C=O) groups excluding carboxylic acids is 1. The third-order valence-corrected chi connectivity index (χ3v) is 7.91. The van der Waals surface area contributed by atoms with Crippen molar-refractivity contribution in [2.75, 3.05) is 11.9 Å². The number of halogens is 1. The van der Waals surface area contributed by atoms with Crippen LogP contribution in [0.4, 0.5) is 5.69 Å². The lowest BCUT2D eigenvalue weighted by Crippen LogP contribution is -2.36. The Hall–Kier alpha value is -2.67. The van der Waals surface area contributed by atoms with Gasteiger partial charge in [-0.2, -0.15) is 4.31 Å². The second-order valence-electron chi connectivity index (χ2n) is 8.25. The maximum Gasteiger partial charge on any atom is 0.256 e. The molecule has 7 heteroatoms. The van der Waals surface area contributed by atoms with Crippen molar-refractivity contribution in [1.82, 2.24) is 4.31 Å². The van der Waals surface area contributed by atoms with Crippen molar-refractivity contribution >= 4 is 33.2 Å². The Balaban J connectivity index is 1.57. The van der Waals surface area contributed by atoms with Gasteiger partial charge in [0, 0.05) is 29.4 Å². The highest BCUT2D eigenvalue weighted by Gasteiger charge is 2.28. The summed E-state index contributed by atoms with van der Waals surface area (Å²) in [6.45, 7) is 6.54. The first kappa shape index (κ1) is 22.5. The predicted molar refractivity (Wildman–Crippen MR) is 128 cm³/mol. The van der Waals surface area contributed by atoms with E-state index in [1.54, 1.807) is 12.1 Å². The quantitative estimate of drug-likeness (QED) is 0.567. The van der Waals surface area contributed by atoms with Gasteiger partial charge >= 0.3 is 0 Å². The first-order chi connectivity index (χ1) is 15.1. The molecule has 3 aromatic carbocycles. The van der Waals surface area contributed by atoms with Crippen LogP contribution in [0.15, 0.2) is 59.5 Å². The minimum atomic E-state index is -3.63. The third kappa shape index (κ3) is 4.44. The fourth-order valence-electron chi connectivity index (χ4n) is 4.30. The van der Waals surface area contributed by atoms with Crippen LogP contribution in [0, 0.1) is 20.8 Å². The summed E-state index contributed by atoms with van der Waals surface area (Å²) in [6.07, 6.45) is 0.618. The van der Waals surface area contributed by atoms with Crippen LogP contribution in [-0.4, -0.2) is 25.2 Å². The van der Waals surface area contributed by atoms with Crippen molar-refractivity contribution in [2.24, 2.45) is 0 Å². The number of carbonyl (C=O) groups is 1. The molecule has 0 atom stereocenters. The van der Waals surface area contributed by atoms with Gasteiger partial charge in [-0.25, -0.2) is 8.42 Å². The first-order valence-corrected chi connectivity index (χ1v) is 12.2. The molecule has 0 saturated heterocycles. The lowest BCUT2D eigenvalue weighted by atomic mass is 9.98. The standard InChI is InChI=1S/C25H25ClN2O3S/c1-16-12-17(2)24(18(3)13-16)25(29)27-22-7-4-19-10-11-28(15-20(19)14-22)32(30,31)23-8-5-21(26)6-9-23/h4-9,12-14H,10-11,15H2,1-3H3,(H,27,29). The lowest BCUT2D eigenvalue weighted by molar-refractivity contribution is 0.102. The monoisotopic (exact) mass is 468 g/mol. The van der Waals surface area contributed by atoms with Gasteiger partial charge in [0.1, 0.15) is 0 Å². The maximum absolute atomic E-state index is 13.1. The molecule has 0 fully saturated rings. The van der Waals surface area contributed by atoms with Crippen LogP contribution in [-0.2, 0) is 23.0 Å². The zero-order chi connectivity index (χ0) is 23.0. The smallest absolute Gasteiger partial charge is 0.256 e. The van der Waals surface area contributed by atoms with E-state index < -0.39 is 10.0 Å². The van der Waals surface area contributed by atoms with Gasteiger partial charge in [0.05, 0.1) is 4.90 Å². The van der Waals surface area contributed by atoms with Crippen LogP contribution >= 0.6 is 11.6 Å². The molecule has 0 saturated carbocycles. The van der Waals surface area contributed by atoms with Gasteiger partial charge < -0.3 is 5.32 Å². The lowest BCUT2D eigenvalue weighted by Gasteiger charge is -2.28. The summed E-state index contributed by atoms with van der Waals surface area (Å²) in [5.74, 6) is -0.165. The molecule has 0 spiro atoms. The number of hydrogen-bond acceptors (Lipinski definition) is 3. The van der Waals surface area contributed by atoms with Crippen LogP contribution in [0.25, 0.3) is 0 Å². The molecule has 1 heterocycles. The van der Waals surface area contributed by atoms with E-state index in [2.05, 4.69) is 5.32 Å². The molecular formula is C25H25ClN2O3S. The molecule has 0 unspecified atom stereocenters. The zero-order valence-electron chi connectivity index (χ0n) is 18.3. The Morgan fingerprint density at radius 2 is 1.59 bits per heavy atom. The summed E-state index contributed by atoms with van der Waals surface area (Å²) >= 11 is 5.90. The number of rotatable bonds is 4. The number of sulfonamides is 1. The number of nitrogens with zero attached hydrogens (tertiary/aromatic N) is 1. The molecular weight excluding hydrogens is 444 g/mol. The van der Waals surface area contributed by atoms with E-state index in [1.807, 2.05) is 51.1 Å². The highest BCUT2D eigenvalue weighted by Crippen LogP contribution is 2.28. The molecule has 5 nitrogen and oxygen atoms in total. The Bertz CT molecular complexity index is 1280. The van der Waals surface area contributed by atoms with Crippen molar-refractivity contribution in [3.8, 4) is 0 Å². The molecule has 1 aliphatic heterocycles. The molecule has 0 aromatic heterocycles. The van der Waals surface area contributed by atoms with Crippen LogP contribution < -0.4 is 5.32 Å².